The maximum absolute atomic E-state index is 13.8. The highest BCUT2D eigenvalue weighted by Gasteiger charge is 2.41. The minimum atomic E-state index is -3.63. The summed E-state index contributed by atoms with van der Waals surface area (Å²) in [4.78, 5) is 1.89. The molecular weight excluding hydrogens is 444 g/mol. The normalized spacial score (nSPS) is 12.4. The third kappa shape index (κ3) is 4.83. The molecule has 0 aliphatic rings. The zero-order valence-corrected chi connectivity index (χ0v) is 19.2. The van der Waals surface area contributed by atoms with Crippen LogP contribution >= 0.6 is 30.8 Å². The highest BCUT2D eigenvalue weighted by atomic mass is 35.5. The third-order valence-electron chi connectivity index (χ3n) is 4.68. The van der Waals surface area contributed by atoms with Crippen LogP contribution in [0.5, 0.6) is 5.75 Å². The lowest BCUT2D eigenvalue weighted by Crippen LogP contribution is -2.25. The Morgan fingerprint density at radius 1 is 0.733 bits per heavy atom. The lowest BCUT2D eigenvalue weighted by atomic mass is 10.1. The highest BCUT2D eigenvalue weighted by Crippen LogP contribution is 2.63. The number of hydrogen-bond donors (Lipinski definition) is 0. The fourth-order valence-electron chi connectivity index (χ4n) is 3.16. The maximum Gasteiger partial charge on any atom is 0.357 e. The second kappa shape index (κ2) is 9.86. The Balaban J connectivity index is 2.25. The molecule has 0 radical (unpaired) electrons. The van der Waals surface area contributed by atoms with Crippen LogP contribution in [-0.4, -0.2) is 21.3 Å². The minimum Gasteiger partial charge on any atom is -0.497 e. The topological polar surface area (TPSA) is 48.0 Å². The lowest BCUT2D eigenvalue weighted by Gasteiger charge is -2.37. The van der Waals surface area contributed by atoms with Gasteiger partial charge in [-0.1, -0.05) is 35.3 Å². The second-order valence-corrected chi connectivity index (χ2v) is 9.55. The molecule has 0 saturated carbocycles. The van der Waals surface area contributed by atoms with E-state index >= 15 is 0 Å². The quantitative estimate of drug-likeness (QED) is 0.326. The zero-order chi connectivity index (χ0) is 21.7. The Bertz CT molecular complexity index is 957. The van der Waals surface area contributed by atoms with Crippen molar-refractivity contribution in [3.63, 3.8) is 0 Å². The molecular formula is C22H22Cl2NO4P. The van der Waals surface area contributed by atoms with Crippen LogP contribution in [0.1, 0.15) is 11.3 Å². The van der Waals surface area contributed by atoms with Crippen LogP contribution in [0.15, 0.2) is 72.8 Å². The van der Waals surface area contributed by atoms with Crippen molar-refractivity contribution in [1.82, 2.24) is 0 Å². The van der Waals surface area contributed by atoms with Crippen LogP contribution < -0.4 is 9.64 Å². The highest BCUT2D eigenvalue weighted by molar-refractivity contribution is 7.54. The number of ether oxygens (including phenoxy) is 1. The molecule has 30 heavy (non-hydrogen) atoms. The summed E-state index contributed by atoms with van der Waals surface area (Å²) in [6.07, 6.45) is 0. The molecule has 158 valence electrons. The largest absolute Gasteiger partial charge is 0.497 e. The van der Waals surface area contributed by atoms with Crippen LogP contribution in [0.2, 0.25) is 10.0 Å². The number of halogens is 2. The van der Waals surface area contributed by atoms with Crippen molar-refractivity contribution in [3.05, 3.63) is 88.4 Å². The van der Waals surface area contributed by atoms with Crippen molar-refractivity contribution in [2.45, 2.75) is 5.78 Å². The summed E-state index contributed by atoms with van der Waals surface area (Å²) in [6, 6.07) is 21.8. The molecule has 0 heterocycles. The number of benzene rings is 3. The number of anilines is 2. The minimum absolute atomic E-state index is 0.595. The fourth-order valence-corrected chi connectivity index (χ4v) is 5.05. The summed E-state index contributed by atoms with van der Waals surface area (Å²) >= 11 is 12.2. The van der Waals surface area contributed by atoms with Gasteiger partial charge >= 0.3 is 7.60 Å². The van der Waals surface area contributed by atoms with E-state index in [0.717, 1.165) is 16.9 Å². The van der Waals surface area contributed by atoms with Crippen molar-refractivity contribution in [1.29, 1.82) is 0 Å². The Labute approximate surface area is 186 Å². The molecule has 1 unspecified atom stereocenters. The summed E-state index contributed by atoms with van der Waals surface area (Å²) in [5.41, 5.74) is 2.25. The van der Waals surface area contributed by atoms with Crippen molar-refractivity contribution in [2.24, 2.45) is 0 Å². The summed E-state index contributed by atoms with van der Waals surface area (Å²) in [5.74, 6) is -0.0903. The Morgan fingerprint density at radius 3 is 1.53 bits per heavy atom. The molecule has 3 aromatic carbocycles. The van der Waals surface area contributed by atoms with E-state index in [0.29, 0.717) is 15.8 Å². The molecule has 5 nitrogen and oxygen atoms in total. The number of rotatable bonds is 8. The van der Waals surface area contributed by atoms with E-state index in [2.05, 4.69) is 0 Å². The third-order valence-corrected chi connectivity index (χ3v) is 7.33. The van der Waals surface area contributed by atoms with Crippen LogP contribution in [0.4, 0.5) is 11.4 Å². The second-order valence-electron chi connectivity index (χ2n) is 6.37. The number of methoxy groups -OCH3 is 1. The Kier molecular flexibility index (Phi) is 7.45. The number of nitrogens with zero attached hydrogens (tertiary/aromatic N) is 1. The van der Waals surface area contributed by atoms with E-state index in [-0.39, 0.29) is 0 Å². The monoisotopic (exact) mass is 465 g/mol. The number of hydrogen-bond acceptors (Lipinski definition) is 5. The summed E-state index contributed by atoms with van der Waals surface area (Å²) < 4.78 is 29.9. The average Bonchev–Trinajstić information content (AvgIpc) is 2.78. The standard InChI is InChI=1S/C22H22Cl2NO4P/c1-27-21-14-4-16(5-15-21)22(30(26,28-2)29-3)25(19-10-6-17(23)7-11-19)20-12-8-18(24)9-13-20/h4-15,22H,1-3H3. The first kappa shape index (κ1) is 22.7. The zero-order valence-electron chi connectivity index (χ0n) is 16.8. The van der Waals surface area contributed by atoms with E-state index in [1.54, 1.807) is 43.5 Å². The summed E-state index contributed by atoms with van der Waals surface area (Å²) in [5, 5.41) is 1.19. The molecule has 0 aliphatic carbocycles. The first-order valence-corrected chi connectivity index (χ1v) is 11.4. The molecule has 8 heteroatoms. The van der Waals surface area contributed by atoms with E-state index in [1.165, 1.54) is 14.2 Å². The van der Waals surface area contributed by atoms with Gasteiger partial charge in [-0.25, -0.2) is 0 Å². The van der Waals surface area contributed by atoms with Gasteiger partial charge in [-0.3, -0.25) is 4.57 Å². The van der Waals surface area contributed by atoms with Crippen LogP contribution in [0.3, 0.4) is 0 Å². The molecule has 0 saturated heterocycles. The molecule has 3 aromatic rings. The molecule has 1 atom stereocenters. The first-order valence-electron chi connectivity index (χ1n) is 9.07. The Morgan fingerprint density at radius 2 is 1.17 bits per heavy atom. The van der Waals surface area contributed by atoms with Gasteiger partial charge in [-0.05, 0) is 66.2 Å². The maximum atomic E-state index is 13.8. The molecule has 0 aliphatic heterocycles. The van der Waals surface area contributed by atoms with Gasteiger partial charge in [0.2, 0.25) is 0 Å². The average molecular weight is 466 g/mol. The van der Waals surface area contributed by atoms with Crippen LogP contribution in [-0.2, 0) is 13.6 Å². The van der Waals surface area contributed by atoms with Gasteiger partial charge in [0.05, 0.1) is 7.11 Å². The Hall–Kier alpha value is -2.01. The molecule has 0 N–H and O–H groups in total. The lowest BCUT2D eigenvalue weighted by molar-refractivity contribution is 0.266. The first-order chi connectivity index (χ1) is 14.4. The molecule has 0 spiro atoms. The van der Waals surface area contributed by atoms with Crippen LogP contribution in [0.25, 0.3) is 0 Å². The smallest absolute Gasteiger partial charge is 0.357 e. The molecule has 3 rings (SSSR count). The van der Waals surface area contributed by atoms with E-state index in [9.17, 15) is 4.57 Å². The van der Waals surface area contributed by atoms with Gasteiger partial charge in [0.15, 0.2) is 5.78 Å². The van der Waals surface area contributed by atoms with E-state index in [1.807, 2.05) is 41.3 Å². The predicted octanol–water partition coefficient (Wildman–Crippen LogP) is 7.32. The van der Waals surface area contributed by atoms with Crippen molar-refractivity contribution < 1.29 is 18.3 Å². The predicted molar refractivity (Wildman–Crippen MR) is 122 cm³/mol. The fraction of sp³-hybridized carbons (Fsp3) is 0.182. The van der Waals surface area contributed by atoms with Gasteiger partial charge < -0.3 is 18.7 Å². The molecule has 0 amide bonds. The van der Waals surface area contributed by atoms with Gasteiger partial charge in [-0.15, -0.1) is 0 Å². The summed E-state index contributed by atoms with van der Waals surface area (Å²) in [6.45, 7) is 0. The van der Waals surface area contributed by atoms with Crippen molar-refractivity contribution in [2.75, 3.05) is 26.2 Å². The van der Waals surface area contributed by atoms with Crippen LogP contribution in [0, 0.1) is 0 Å². The van der Waals surface area contributed by atoms with Gasteiger partial charge in [0, 0.05) is 35.6 Å². The molecule has 0 fully saturated rings. The van der Waals surface area contributed by atoms with Gasteiger partial charge in [0.25, 0.3) is 0 Å². The van der Waals surface area contributed by atoms with E-state index < -0.39 is 13.4 Å². The molecule has 0 bridgehead atoms. The van der Waals surface area contributed by atoms with Crippen molar-refractivity contribution >= 4 is 42.2 Å². The van der Waals surface area contributed by atoms with E-state index in [4.69, 9.17) is 37.0 Å². The van der Waals surface area contributed by atoms with Gasteiger partial charge in [0.1, 0.15) is 5.75 Å². The van der Waals surface area contributed by atoms with Gasteiger partial charge in [-0.2, -0.15) is 0 Å². The molecule has 0 aromatic heterocycles. The van der Waals surface area contributed by atoms with Crippen molar-refractivity contribution in [3.8, 4) is 5.75 Å². The SMILES string of the molecule is COc1ccc(C(N(c2ccc(Cl)cc2)c2ccc(Cl)cc2)P(=O)(OC)OC)cc1. The summed E-state index contributed by atoms with van der Waals surface area (Å²) in [7, 11) is 0.720.